The molecule has 1 aliphatic heterocycles. The third-order valence-electron chi connectivity index (χ3n) is 4.50. The highest BCUT2D eigenvalue weighted by Gasteiger charge is 2.36. The van der Waals surface area contributed by atoms with Gasteiger partial charge in [-0.3, -0.25) is 4.79 Å². The van der Waals surface area contributed by atoms with Crippen LogP contribution in [0.15, 0.2) is 28.8 Å². The number of amides is 1. The Morgan fingerprint density at radius 1 is 1.40 bits per heavy atom. The average molecular weight is 344 g/mol. The van der Waals surface area contributed by atoms with E-state index in [2.05, 4.69) is 10.1 Å². The quantitative estimate of drug-likeness (QED) is 0.861. The summed E-state index contributed by atoms with van der Waals surface area (Å²) >= 11 is 0. The fraction of sp³-hybridized carbons (Fsp3) is 0.500. The van der Waals surface area contributed by atoms with E-state index in [0.717, 1.165) is 18.4 Å². The van der Waals surface area contributed by atoms with Crippen molar-refractivity contribution in [2.24, 2.45) is 5.73 Å². The number of carbonyl (C=O) groups excluding carboxylic acids is 1. The lowest BCUT2D eigenvalue weighted by Gasteiger charge is -2.25. The van der Waals surface area contributed by atoms with Crippen LogP contribution < -0.4 is 5.73 Å². The van der Waals surface area contributed by atoms with E-state index < -0.39 is 6.04 Å². The molecule has 3 rings (SSSR count). The Balaban J connectivity index is 1.70. The molecule has 1 saturated heterocycles. The molecule has 0 aliphatic carbocycles. The molecule has 0 spiro atoms. The number of phenols is 1. The van der Waals surface area contributed by atoms with Gasteiger partial charge in [-0.1, -0.05) is 31.1 Å². The van der Waals surface area contributed by atoms with Gasteiger partial charge in [0, 0.05) is 12.5 Å². The van der Waals surface area contributed by atoms with Crippen molar-refractivity contribution in [1.82, 2.24) is 15.0 Å². The van der Waals surface area contributed by atoms with E-state index >= 15 is 0 Å². The van der Waals surface area contributed by atoms with Crippen LogP contribution in [-0.2, 0) is 11.2 Å². The highest BCUT2D eigenvalue weighted by Crippen LogP contribution is 2.32. The lowest BCUT2D eigenvalue weighted by Crippen LogP contribution is -2.44. The van der Waals surface area contributed by atoms with Crippen molar-refractivity contribution in [3.8, 4) is 5.75 Å². The first-order valence-corrected chi connectivity index (χ1v) is 8.63. The van der Waals surface area contributed by atoms with Crippen LogP contribution in [0.1, 0.15) is 55.9 Å². The second-order valence-electron chi connectivity index (χ2n) is 6.81. The van der Waals surface area contributed by atoms with Gasteiger partial charge in [-0.2, -0.15) is 4.98 Å². The standard InChI is InChI=1S/C18H24N4O3/c1-11(2)16-20-17(25-21-16)15-4-3-9-22(15)18(24)14(19)10-12-5-7-13(23)8-6-12/h5-8,11,14-15,23H,3-4,9-10,19H2,1-2H3/t14-,15-/m0/s1. The smallest absolute Gasteiger partial charge is 0.249 e. The molecule has 2 aromatic rings. The fourth-order valence-electron chi connectivity index (χ4n) is 3.09. The SMILES string of the molecule is CC(C)c1noc([C@@H]2CCCN2C(=O)[C@@H](N)Cc2ccc(O)cc2)n1. The molecule has 25 heavy (non-hydrogen) atoms. The van der Waals surface area contributed by atoms with E-state index in [1.165, 1.54) is 0 Å². The number of aromatic hydroxyl groups is 1. The van der Waals surface area contributed by atoms with E-state index in [1.54, 1.807) is 29.2 Å². The zero-order valence-electron chi connectivity index (χ0n) is 14.6. The van der Waals surface area contributed by atoms with Crippen molar-refractivity contribution < 1.29 is 14.4 Å². The number of nitrogens with zero attached hydrogens (tertiary/aromatic N) is 3. The number of rotatable bonds is 5. The molecule has 0 saturated carbocycles. The molecule has 1 aliphatic rings. The molecule has 0 bridgehead atoms. The van der Waals surface area contributed by atoms with Gasteiger partial charge in [-0.15, -0.1) is 0 Å². The van der Waals surface area contributed by atoms with Gasteiger partial charge in [0.25, 0.3) is 0 Å². The van der Waals surface area contributed by atoms with Crippen LogP contribution in [-0.4, -0.2) is 38.6 Å². The number of likely N-dealkylation sites (tertiary alicyclic amines) is 1. The number of hydrogen-bond donors (Lipinski definition) is 2. The molecule has 0 radical (unpaired) electrons. The maximum Gasteiger partial charge on any atom is 0.249 e. The first-order chi connectivity index (χ1) is 12.0. The molecule has 2 atom stereocenters. The summed E-state index contributed by atoms with van der Waals surface area (Å²) in [5.74, 6) is 1.41. The molecular weight excluding hydrogens is 320 g/mol. The minimum atomic E-state index is -0.641. The number of benzene rings is 1. The van der Waals surface area contributed by atoms with Crippen molar-refractivity contribution in [2.45, 2.75) is 51.1 Å². The number of nitrogens with two attached hydrogens (primary N) is 1. The summed E-state index contributed by atoms with van der Waals surface area (Å²) in [7, 11) is 0. The number of aromatic nitrogens is 2. The van der Waals surface area contributed by atoms with Gasteiger partial charge in [-0.05, 0) is 37.0 Å². The van der Waals surface area contributed by atoms with Crippen LogP contribution in [0.4, 0.5) is 0 Å². The number of hydrogen-bond acceptors (Lipinski definition) is 6. The Morgan fingerprint density at radius 3 is 2.76 bits per heavy atom. The van der Waals surface area contributed by atoms with Crippen LogP contribution in [0.3, 0.4) is 0 Å². The summed E-state index contributed by atoms with van der Waals surface area (Å²) in [6, 6.07) is 5.90. The molecule has 1 aromatic heterocycles. The summed E-state index contributed by atoms with van der Waals surface area (Å²) in [5, 5.41) is 13.3. The molecule has 0 unspecified atom stereocenters. The summed E-state index contributed by atoms with van der Waals surface area (Å²) in [4.78, 5) is 19.0. The molecular formula is C18H24N4O3. The minimum absolute atomic E-state index is 0.111. The molecule has 3 N–H and O–H groups in total. The first kappa shape index (κ1) is 17.4. The van der Waals surface area contributed by atoms with Gasteiger partial charge in [0.2, 0.25) is 11.8 Å². The van der Waals surface area contributed by atoms with E-state index in [1.807, 2.05) is 13.8 Å². The monoisotopic (exact) mass is 344 g/mol. The maximum absolute atomic E-state index is 12.8. The Hall–Kier alpha value is -2.41. The maximum atomic E-state index is 12.8. The highest BCUT2D eigenvalue weighted by molar-refractivity contribution is 5.82. The third-order valence-corrected chi connectivity index (χ3v) is 4.50. The van der Waals surface area contributed by atoms with Crippen LogP contribution in [0, 0.1) is 0 Å². The Bertz CT molecular complexity index is 726. The van der Waals surface area contributed by atoms with E-state index in [9.17, 15) is 9.90 Å². The zero-order chi connectivity index (χ0) is 18.0. The Labute approximate surface area is 146 Å². The first-order valence-electron chi connectivity index (χ1n) is 8.63. The van der Waals surface area contributed by atoms with Crippen LogP contribution in [0.5, 0.6) is 5.75 Å². The molecule has 1 aromatic carbocycles. The molecule has 134 valence electrons. The van der Waals surface area contributed by atoms with Crippen LogP contribution in [0.25, 0.3) is 0 Å². The second kappa shape index (κ2) is 7.23. The van der Waals surface area contributed by atoms with Gasteiger partial charge in [0.15, 0.2) is 5.82 Å². The van der Waals surface area contributed by atoms with Gasteiger partial charge < -0.3 is 20.3 Å². The molecule has 1 amide bonds. The van der Waals surface area contributed by atoms with Gasteiger partial charge in [0.05, 0.1) is 6.04 Å². The van der Waals surface area contributed by atoms with Crippen molar-refractivity contribution in [3.05, 3.63) is 41.5 Å². The predicted molar refractivity (Wildman–Crippen MR) is 91.9 cm³/mol. The Morgan fingerprint density at radius 2 is 2.12 bits per heavy atom. The van der Waals surface area contributed by atoms with Gasteiger partial charge >= 0.3 is 0 Å². The third kappa shape index (κ3) is 3.82. The normalized spacial score (nSPS) is 18.7. The summed E-state index contributed by atoms with van der Waals surface area (Å²) in [6.07, 6.45) is 2.11. The molecule has 7 nitrogen and oxygen atoms in total. The summed E-state index contributed by atoms with van der Waals surface area (Å²) < 4.78 is 5.38. The second-order valence-corrected chi connectivity index (χ2v) is 6.81. The lowest BCUT2D eigenvalue weighted by molar-refractivity contribution is -0.134. The number of carbonyl (C=O) groups is 1. The fourth-order valence-corrected chi connectivity index (χ4v) is 3.09. The largest absolute Gasteiger partial charge is 0.508 e. The van der Waals surface area contributed by atoms with E-state index in [4.69, 9.17) is 10.3 Å². The summed E-state index contributed by atoms with van der Waals surface area (Å²) in [6.45, 7) is 4.64. The van der Waals surface area contributed by atoms with Crippen molar-refractivity contribution in [1.29, 1.82) is 0 Å². The average Bonchev–Trinajstić information content (AvgIpc) is 3.24. The van der Waals surface area contributed by atoms with Crippen molar-refractivity contribution in [2.75, 3.05) is 6.54 Å². The van der Waals surface area contributed by atoms with Gasteiger partial charge in [-0.25, -0.2) is 0 Å². The van der Waals surface area contributed by atoms with Crippen LogP contribution >= 0.6 is 0 Å². The van der Waals surface area contributed by atoms with Gasteiger partial charge in [0.1, 0.15) is 11.8 Å². The predicted octanol–water partition coefficient (Wildman–Crippen LogP) is 2.13. The molecule has 1 fully saturated rings. The highest BCUT2D eigenvalue weighted by atomic mass is 16.5. The topological polar surface area (TPSA) is 105 Å². The van der Waals surface area contributed by atoms with E-state index in [-0.39, 0.29) is 23.6 Å². The zero-order valence-corrected chi connectivity index (χ0v) is 14.6. The van der Waals surface area contributed by atoms with E-state index in [0.29, 0.717) is 24.7 Å². The molecule has 7 heteroatoms. The lowest BCUT2D eigenvalue weighted by atomic mass is 10.0. The number of phenolic OH excluding ortho intramolecular Hbond substituents is 1. The van der Waals surface area contributed by atoms with Crippen molar-refractivity contribution >= 4 is 5.91 Å². The summed E-state index contributed by atoms with van der Waals surface area (Å²) in [5.41, 5.74) is 7.05. The van der Waals surface area contributed by atoms with Crippen molar-refractivity contribution in [3.63, 3.8) is 0 Å². The van der Waals surface area contributed by atoms with Crippen LogP contribution in [0.2, 0.25) is 0 Å². The minimum Gasteiger partial charge on any atom is -0.508 e. The molecule has 2 heterocycles. The Kier molecular flexibility index (Phi) is 5.03.